The van der Waals surface area contributed by atoms with Gasteiger partial charge in [-0.05, 0) is 92.0 Å². The number of anilines is 3. The fraction of sp³-hybridized carbons (Fsp3) is 0.0800. The molecule has 0 aliphatic heterocycles. The molecule has 9 rings (SSSR count). The average molecular weight is 670 g/mol. The van der Waals surface area contributed by atoms with Gasteiger partial charge in [-0.3, -0.25) is 0 Å². The summed E-state index contributed by atoms with van der Waals surface area (Å²) < 4.78 is 6.30. The van der Waals surface area contributed by atoms with Gasteiger partial charge in [0.15, 0.2) is 0 Å². The van der Waals surface area contributed by atoms with Crippen molar-refractivity contribution in [2.45, 2.75) is 26.2 Å². The molecule has 0 saturated heterocycles. The van der Waals surface area contributed by atoms with Crippen LogP contribution in [0.1, 0.15) is 26.3 Å². The van der Waals surface area contributed by atoms with Crippen molar-refractivity contribution in [1.82, 2.24) is 0 Å². The molecule has 1 aromatic heterocycles. The molecule has 0 N–H and O–H groups in total. The van der Waals surface area contributed by atoms with E-state index in [1.807, 2.05) is 12.1 Å². The normalized spacial score (nSPS) is 11.8. The van der Waals surface area contributed by atoms with Crippen molar-refractivity contribution < 1.29 is 4.42 Å². The Balaban J connectivity index is 1.28. The van der Waals surface area contributed by atoms with Crippen LogP contribution in [0.5, 0.6) is 0 Å². The molecule has 0 saturated carbocycles. The standard InChI is InChI=1S/C50H39NO/c1-50(2,3)37-29-31-38(32-30-37)51(39-20-11-19-36(33-39)41-24-14-28-47-49(41)44-22-8-10-27-46(44)52-47)45-26-9-7-21-42(45)43-25-13-18-35-17-12-23-40(48(35)43)34-15-5-4-6-16-34/h4-33H,1-3H3. The molecule has 9 aromatic rings. The van der Waals surface area contributed by atoms with Crippen LogP contribution < -0.4 is 4.90 Å². The molecule has 0 amide bonds. The van der Waals surface area contributed by atoms with Crippen LogP contribution in [0.25, 0.3) is 66.1 Å². The van der Waals surface area contributed by atoms with E-state index in [1.54, 1.807) is 0 Å². The van der Waals surface area contributed by atoms with Gasteiger partial charge in [0.1, 0.15) is 11.2 Å². The number of furan rings is 1. The van der Waals surface area contributed by atoms with E-state index < -0.39 is 0 Å². The summed E-state index contributed by atoms with van der Waals surface area (Å²) in [6, 6.07) is 65.6. The third kappa shape index (κ3) is 5.54. The molecule has 2 heteroatoms. The van der Waals surface area contributed by atoms with Gasteiger partial charge in [-0.15, -0.1) is 0 Å². The first-order valence-corrected chi connectivity index (χ1v) is 18.0. The monoisotopic (exact) mass is 669 g/mol. The zero-order chi connectivity index (χ0) is 35.2. The zero-order valence-electron chi connectivity index (χ0n) is 29.7. The maximum atomic E-state index is 6.30. The van der Waals surface area contributed by atoms with E-state index in [0.29, 0.717) is 0 Å². The number of fused-ring (bicyclic) bond motifs is 4. The topological polar surface area (TPSA) is 16.4 Å². The lowest BCUT2D eigenvalue weighted by molar-refractivity contribution is 0.590. The lowest BCUT2D eigenvalue weighted by atomic mass is 9.87. The highest BCUT2D eigenvalue weighted by Gasteiger charge is 2.22. The van der Waals surface area contributed by atoms with Gasteiger partial charge in [0.2, 0.25) is 0 Å². The fourth-order valence-electron chi connectivity index (χ4n) is 7.69. The second kappa shape index (κ2) is 12.7. The Bertz CT molecular complexity index is 2710. The maximum Gasteiger partial charge on any atom is 0.136 e. The Morgan fingerprint density at radius 1 is 0.423 bits per heavy atom. The SMILES string of the molecule is CC(C)(C)c1ccc(N(c2cccc(-c3cccc4oc5ccccc5c34)c2)c2ccccc2-c2cccc3cccc(-c4ccccc4)c23)cc1. The van der Waals surface area contributed by atoms with Crippen molar-refractivity contribution in [1.29, 1.82) is 0 Å². The van der Waals surface area contributed by atoms with Crippen LogP contribution in [0.4, 0.5) is 17.1 Å². The summed E-state index contributed by atoms with van der Waals surface area (Å²) in [5.41, 5.74) is 13.6. The lowest BCUT2D eigenvalue weighted by Crippen LogP contribution is -2.14. The number of hydrogen-bond acceptors (Lipinski definition) is 2. The molecule has 52 heavy (non-hydrogen) atoms. The third-order valence-corrected chi connectivity index (χ3v) is 10.2. The second-order valence-corrected chi connectivity index (χ2v) is 14.6. The highest BCUT2D eigenvalue weighted by atomic mass is 16.3. The molecular weight excluding hydrogens is 631 g/mol. The predicted octanol–water partition coefficient (Wildman–Crippen LogP) is 14.5. The van der Waals surface area contributed by atoms with Gasteiger partial charge < -0.3 is 9.32 Å². The Morgan fingerprint density at radius 3 is 1.81 bits per heavy atom. The molecule has 2 nitrogen and oxygen atoms in total. The van der Waals surface area contributed by atoms with Crippen LogP contribution in [0, 0.1) is 0 Å². The molecule has 0 fully saturated rings. The Hall–Kier alpha value is -6.38. The highest BCUT2D eigenvalue weighted by Crippen LogP contribution is 2.46. The summed E-state index contributed by atoms with van der Waals surface area (Å²) in [6.07, 6.45) is 0. The number of hydrogen-bond donors (Lipinski definition) is 0. The number of benzene rings is 8. The summed E-state index contributed by atoms with van der Waals surface area (Å²) in [5, 5.41) is 4.74. The Labute approximate surface area is 305 Å². The van der Waals surface area contributed by atoms with Crippen LogP contribution >= 0.6 is 0 Å². The van der Waals surface area contributed by atoms with Crippen LogP contribution in [0.15, 0.2) is 186 Å². The minimum Gasteiger partial charge on any atom is -0.456 e. The minimum absolute atomic E-state index is 0.0457. The third-order valence-electron chi connectivity index (χ3n) is 10.2. The fourth-order valence-corrected chi connectivity index (χ4v) is 7.69. The molecule has 0 spiro atoms. The quantitative estimate of drug-likeness (QED) is 0.175. The molecule has 8 aromatic carbocycles. The molecule has 1 heterocycles. The summed E-state index contributed by atoms with van der Waals surface area (Å²) in [5.74, 6) is 0. The summed E-state index contributed by atoms with van der Waals surface area (Å²) in [4.78, 5) is 2.42. The van der Waals surface area contributed by atoms with E-state index in [-0.39, 0.29) is 5.41 Å². The number of nitrogens with zero attached hydrogens (tertiary/aromatic N) is 1. The minimum atomic E-state index is 0.0457. The average Bonchev–Trinajstić information content (AvgIpc) is 3.57. The molecule has 0 aliphatic rings. The van der Waals surface area contributed by atoms with E-state index >= 15 is 0 Å². The number of rotatable bonds is 6. The van der Waals surface area contributed by atoms with Crippen molar-refractivity contribution in [2.24, 2.45) is 0 Å². The lowest BCUT2D eigenvalue weighted by Gasteiger charge is -2.29. The zero-order valence-corrected chi connectivity index (χ0v) is 29.7. The molecule has 0 bridgehead atoms. The second-order valence-electron chi connectivity index (χ2n) is 14.6. The highest BCUT2D eigenvalue weighted by molar-refractivity contribution is 6.13. The molecule has 0 unspecified atom stereocenters. The van der Waals surface area contributed by atoms with Crippen LogP contribution in [-0.4, -0.2) is 0 Å². The van der Waals surface area contributed by atoms with Gasteiger partial charge in [-0.25, -0.2) is 0 Å². The summed E-state index contributed by atoms with van der Waals surface area (Å²) in [6.45, 7) is 6.80. The van der Waals surface area contributed by atoms with Crippen LogP contribution in [0.3, 0.4) is 0 Å². The summed E-state index contributed by atoms with van der Waals surface area (Å²) in [7, 11) is 0. The first-order valence-electron chi connectivity index (χ1n) is 18.0. The first-order chi connectivity index (χ1) is 25.4. The van der Waals surface area contributed by atoms with Crippen molar-refractivity contribution in [2.75, 3.05) is 4.90 Å². The van der Waals surface area contributed by atoms with Crippen molar-refractivity contribution >= 4 is 49.8 Å². The molecule has 250 valence electrons. The predicted molar refractivity (Wildman–Crippen MR) is 221 cm³/mol. The van der Waals surface area contributed by atoms with E-state index in [2.05, 4.69) is 196 Å². The molecular formula is C50H39NO. The van der Waals surface area contributed by atoms with Gasteiger partial charge >= 0.3 is 0 Å². The van der Waals surface area contributed by atoms with E-state index in [9.17, 15) is 0 Å². The van der Waals surface area contributed by atoms with Gasteiger partial charge in [0.25, 0.3) is 0 Å². The molecule has 0 aliphatic carbocycles. The molecule has 0 atom stereocenters. The van der Waals surface area contributed by atoms with Gasteiger partial charge in [-0.1, -0.05) is 160 Å². The molecule has 0 radical (unpaired) electrons. The van der Waals surface area contributed by atoms with E-state index in [4.69, 9.17) is 4.42 Å². The van der Waals surface area contributed by atoms with E-state index in [1.165, 1.54) is 38.6 Å². The van der Waals surface area contributed by atoms with E-state index in [0.717, 1.165) is 50.1 Å². The van der Waals surface area contributed by atoms with Crippen LogP contribution in [0.2, 0.25) is 0 Å². The number of para-hydroxylation sites is 2. The van der Waals surface area contributed by atoms with Gasteiger partial charge in [0, 0.05) is 27.7 Å². The largest absolute Gasteiger partial charge is 0.456 e. The van der Waals surface area contributed by atoms with Crippen molar-refractivity contribution in [3.63, 3.8) is 0 Å². The van der Waals surface area contributed by atoms with Gasteiger partial charge in [0.05, 0.1) is 5.69 Å². The van der Waals surface area contributed by atoms with Crippen LogP contribution in [-0.2, 0) is 5.41 Å². The smallest absolute Gasteiger partial charge is 0.136 e. The Kier molecular flexibility index (Phi) is 7.74. The Morgan fingerprint density at radius 2 is 1.02 bits per heavy atom. The summed E-state index contributed by atoms with van der Waals surface area (Å²) >= 11 is 0. The van der Waals surface area contributed by atoms with Crippen molar-refractivity contribution in [3.05, 3.63) is 188 Å². The first kappa shape index (κ1) is 31.6. The van der Waals surface area contributed by atoms with Gasteiger partial charge in [-0.2, -0.15) is 0 Å². The van der Waals surface area contributed by atoms with Crippen molar-refractivity contribution in [3.8, 4) is 33.4 Å². The maximum absolute atomic E-state index is 6.30.